The molecule has 2 N–H and O–H groups in total. The molecule has 1 aromatic carbocycles. The number of nitrogens with zero attached hydrogens (tertiary/aromatic N) is 4. The Kier molecular flexibility index (Phi) is 7.44. The van der Waals surface area contributed by atoms with E-state index in [0.717, 1.165) is 63.4 Å². The molecule has 0 amide bonds. The third kappa shape index (κ3) is 5.85. The molecule has 0 aromatic heterocycles. The molecule has 2 aliphatic heterocycles. The van der Waals surface area contributed by atoms with E-state index in [2.05, 4.69) is 30.3 Å². The number of anilines is 1. The number of rotatable bonds is 7. The highest BCUT2D eigenvalue weighted by Gasteiger charge is 2.31. The van der Waals surface area contributed by atoms with Crippen LogP contribution in [0, 0.1) is 5.82 Å². The first kappa shape index (κ1) is 21.4. The van der Waals surface area contributed by atoms with Crippen molar-refractivity contribution in [2.24, 2.45) is 4.99 Å². The van der Waals surface area contributed by atoms with Crippen molar-refractivity contribution < 1.29 is 4.39 Å². The van der Waals surface area contributed by atoms with E-state index in [1.165, 1.54) is 38.8 Å². The number of nitrogens with one attached hydrogen (secondary N) is 2. The van der Waals surface area contributed by atoms with Crippen LogP contribution in [0.3, 0.4) is 0 Å². The Morgan fingerprint density at radius 1 is 1.03 bits per heavy atom. The van der Waals surface area contributed by atoms with E-state index in [-0.39, 0.29) is 5.82 Å². The highest BCUT2D eigenvalue weighted by Crippen LogP contribution is 2.29. The van der Waals surface area contributed by atoms with E-state index in [1.807, 2.05) is 19.2 Å². The van der Waals surface area contributed by atoms with Crippen LogP contribution in [0.2, 0.25) is 0 Å². The van der Waals surface area contributed by atoms with E-state index in [9.17, 15) is 4.39 Å². The number of hydrogen-bond donors (Lipinski definition) is 2. The molecular formula is C23H37FN6. The highest BCUT2D eigenvalue weighted by atomic mass is 19.1. The third-order valence-electron chi connectivity index (χ3n) is 6.67. The standard InChI is InChI=1S/C23H37FN6/c1-25-23(27-19-9-13-29(14-10-19)20-7-8-20)26-11-4-12-28-15-17-30(18-16-28)22-6-3-2-5-21(22)24/h2-3,5-6,19-20H,4,7-18H2,1H3,(H2,25,26,27). The molecule has 0 bridgehead atoms. The molecule has 0 atom stereocenters. The van der Waals surface area contributed by atoms with Crippen LogP contribution in [0.5, 0.6) is 0 Å². The molecule has 3 fully saturated rings. The molecule has 1 saturated carbocycles. The Hall–Kier alpha value is -1.86. The number of piperazine rings is 1. The SMILES string of the molecule is CN=C(NCCCN1CCN(c2ccccc2F)CC1)NC1CCN(C2CC2)CC1. The van der Waals surface area contributed by atoms with Gasteiger partial charge >= 0.3 is 0 Å². The quantitative estimate of drug-likeness (QED) is 0.405. The molecule has 30 heavy (non-hydrogen) atoms. The van der Waals surface area contributed by atoms with Crippen LogP contribution < -0.4 is 15.5 Å². The number of piperidine rings is 1. The molecule has 2 heterocycles. The first-order valence-corrected chi connectivity index (χ1v) is 11.7. The van der Waals surface area contributed by atoms with Crippen molar-refractivity contribution in [3.05, 3.63) is 30.1 Å². The lowest BCUT2D eigenvalue weighted by atomic mass is 10.1. The molecule has 0 spiro atoms. The largest absolute Gasteiger partial charge is 0.367 e. The van der Waals surface area contributed by atoms with Crippen molar-refractivity contribution in [1.29, 1.82) is 0 Å². The topological polar surface area (TPSA) is 46.1 Å². The molecule has 0 unspecified atom stereocenters. The first-order chi connectivity index (χ1) is 14.7. The highest BCUT2D eigenvalue weighted by molar-refractivity contribution is 5.79. The third-order valence-corrected chi connectivity index (χ3v) is 6.67. The van der Waals surface area contributed by atoms with Gasteiger partial charge in [0.05, 0.1) is 5.69 Å². The smallest absolute Gasteiger partial charge is 0.191 e. The maximum absolute atomic E-state index is 14.0. The predicted molar refractivity (Wildman–Crippen MR) is 122 cm³/mol. The molecule has 6 nitrogen and oxygen atoms in total. The predicted octanol–water partition coefficient (Wildman–Crippen LogP) is 2.13. The number of benzene rings is 1. The van der Waals surface area contributed by atoms with Gasteiger partial charge in [0, 0.05) is 64.9 Å². The van der Waals surface area contributed by atoms with Crippen molar-refractivity contribution in [3.8, 4) is 0 Å². The van der Waals surface area contributed by atoms with E-state index >= 15 is 0 Å². The number of para-hydroxylation sites is 1. The summed E-state index contributed by atoms with van der Waals surface area (Å²) in [7, 11) is 1.86. The summed E-state index contributed by atoms with van der Waals surface area (Å²) in [6.07, 6.45) is 6.31. The van der Waals surface area contributed by atoms with Crippen LogP contribution in [0.25, 0.3) is 0 Å². The minimum atomic E-state index is -0.118. The zero-order valence-corrected chi connectivity index (χ0v) is 18.3. The van der Waals surface area contributed by atoms with Gasteiger partial charge in [0.2, 0.25) is 0 Å². The van der Waals surface area contributed by atoms with Gasteiger partial charge in [0.25, 0.3) is 0 Å². The lowest BCUT2D eigenvalue weighted by molar-refractivity contribution is 0.197. The van der Waals surface area contributed by atoms with Crippen LogP contribution in [-0.4, -0.2) is 87.2 Å². The summed E-state index contributed by atoms with van der Waals surface area (Å²) >= 11 is 0. The summed E-state index contributed by atoms with van der Waals surface area (Å²) in [6, 6.07) is 8.51. The molecule has 1 aliphatic carbocycles. The van der Waals surface area contributed by atoms with Crippen molar-refractivity contribution in [1.82, 2.24) is 20.4 Å². The van der Waals surface area contributed by atoms with Gasteiger partial charge in [0.15, 0.2) is 5.96 Å². The average Bonchev–Trinajstić information content (AvgIpc) is 3.63. The molecule has 1 aromatic rings. The molecule has 3 aliphatic rings. The van der Waals surface area contributed by atoms with Gasteiger partial charge in [-0.05, 0) is 50.8 Å². The van der Waals surface area contributed by atoms with E-state index in [1.54, 1.807) is 12.1 Å². The van der Waals surface area contributed by atoms with Crippen LogP contribution in [-0.2, 0) is 0 Å². The van der Waals surface area contributed by atoms with E-state index < -0.39 is 0 Å². The van der Waals surface area contributed by atoms with Crippen LogP contribution in [0.4, 0.5) is 10.1 Å². The lowest BCUT2D eigenvalue weighted by Gasteiger charge is -2.36. The number of guanidine groups is 1. The van der Waals surface area contributed by atoms with Gasteiger partial charge in [0.1, 0.15) is 5.82 Å². The van der Waals surface area contributed by atoms with Crippen LogP contribution >= 0.6 is 0 Å². The zero-order valence-electron chi connectivity index (χ0n) is 18.3. The van der Waals surface area contributed by atoms with Gasteiger partial charge in [-0.25, -0.2) is 4.39 Å². The Bertz CT molecular complexity index is 691. The summed E-state index contributed by atoms with van der Waals surface area (Å²) in [5.74, 6) is 0.816. The maximum Gasteiger partial charge on any atom is 0.191 e. The minimum absolute atomic E-state index is 0.118. The molecule has 7 heteroatoms. The summed E-state index contributed by atoms with van der Waals surface area (Å²) in [5.41, 5.74) is 0.733. The number of hydrogen-bond acceptors (Lipinski definition) is 4. The first-order valence-electron chi connectivity index (χ1n) is 11.7. The Morgan fingerprint density at radius 3 is 2.43 bits per heavy atom. The van der Waals surface area contributed by atoms with Gasteiger partial charge in [-0.2, -0.15) is 0 Å². The molecule has 2 saturated heterocycles. The zero-order chi connectivity index (χ0) is 20.8. The van der Waals surface area contributed by atoms with E-state index in [4.69, 9.17) is 0 Å². The normalized spacial score (nSPS) is 22.3. The summed E-state index contributed by atoms with van der Waals surface area (Å²) < 4.78 is 14.0. The second kappa shape index (κ2) is 10.4. The van der Waals surface area contributed by atoms with Crippen molar-refractivity contribution >= 4 is 11.6 Å². The van der Waals surface area contributed by atoms with Crippen molar-refractivity contribution in [3.63, 3.8) is 0 Å². The molecule has 0 radical (unpaired) electrons. The fourth-order valence-electron chi connectivity index (χ4n) is 4.67. The van der Waals surface area contributed by atoms with Gasteiger partial charge < -0.3 is 20.4 Å². The molecular weight excluding hydrogens is 379 g/mol. The molecule has 166 valence electrons. The second-order valence-electron chi connectivity index (χ2n) is 8.82. The number of likely N-dealkylation sites (tertiary alicyclic amines) is 1. The summed E-state index contributed by atoms with van der Waals surface area (Å²) in [5, 5.41) is 7.09. The Balaban J connectivity index is 1.09. The Labute approximate surface area is 180 Å². The minimum Gasteiger partial charge on any atom is -0.367 e. The fourth-order valence-corrected chi connectivity index (χ4v) is 4.67. The maximum atomic E-state index is 14.0. The van der Waals surface area contributed by atoms with Gasteiger partial charge in [-0.15, -0.1) is 0 Å². The summed E-state index contributed by atoms with van der Waals surface area (Å²) in [4.78, 5) is 11.7. The van der Waals surface area contributed by atoms with Gasteiger partial charge in [-0.3, -0.25) is 9.89 Å². The van der Waals surface area contributed by atoms with Crippen molar-refractivity contribution in [2.45, 2.75) is 44.2 Å². The van der Waals surface area contributed by atoms with Crippen LogP contribution in [0.15, 0.2) is 29.3 Å². The number of halogens is 1. The monoisotopic (exact) mass is 416 g/mol. The second-order valence-corrected chi connectivity index (χ2v) is 8.82. The van der Waals surface area contributed by atoms with Gasteiger partial charge in [-0.1, -0.05) is 12.1 Å². The average molecular weight is 417 g/mol. The molecule has 4 rings (SSSR count). The van der Waals surface area contributed by atoms with Crippen LogP contribution in [0.1, 0.15) is 32.1 Å². The number of aliphatic imine (C=N–C) groups is 1. The lowest BCUT2D eigenvalue weighted by Crippen LogP contribution is -2.49. The van der Waals surface area contributed by atoms with Crippen molar-refractivity contribution in [2.75, 3.05) is 64.3 Å². The fraction of sp³-hybridized carbons (Fsp3) is 0.696. The summed E-state index contributed by atoms with van der Waals surface area (Å²) in [6.45, 7) is 8.18. The Morgan fingerprint density at radius 2 is 1.77 bits per heavy atom. The van der Waals surface area contributed by atoms with E-state index in [0.29, 0.717) is 6.04 Å².